The minimum atomic E-state index is -0.0881. The lowest BCUT2D eigenvalue weighted by atomic mass is 9.47. The fraction of sp³-hybridized carbons (Fsp3) is 0.917. The van der Waals surface area contributed by atoms with Crippen molar-refractivity contribution in [3.63, 3.8) is 0 Å². The van der Waals surface area contributed by atoms with E-state index in [4.69, 9.17) is 4.43 Å². The molecule has 2 nitrogen and oxygen atoms in total. The van der Waals surface area contributed by atoms with Crippen LogP contribution in [0.3, 0.4) is 0 Å². The fourth-order valence-corrected chi connectivity index (χ4v) is 8.44. The molecule has 0 saturated heterocycles. The van der Waals surface area contributed by atoms with Gasteiger partial charge < -0.3 is 9.53 Å². The van der Waals surface area contributed by atoms with Gasteiger partial charge in [0.1, 0.15) is 0 Å². The van der Waals surface area contributed by atoms with Crippen molar-refractivity contribution in [1.82, 2.24) is 0 Å². The molecule has 0 bridgehead atoms. The second-order valence-corrected chi connectivity index (χ2v) is 11.1. The van der Waals surface area contributed by atoms with Crippen molar-refractivity contribution in [1.29, 1.82) is 0 Å². The largest absolute Gasteiger partial charge is 0.419 e. The van der Waals surface area contributed by atoms with E-state index < -0.39 is 0 Å². The summed E-state index contributed by atoms with van der Waals surface area (Å²) in [5.74, 6) is 4.37. The van der Waals surface area contributed by atoms with Crippen molar-refractivity contribution in [2.45, 2.75) is 91.1 Å². The van der Waals surface area contributed by atoms with Gasteiger partial charge in [0, 0.05) is 6.61 Å². The van der Waals surface area contributed by atoms with Crippen LogP contribution in [0.25, 0.3) is 0 Å². The van der Waals surface area contributed by atoms with Gasteiger partial charge in [-0.3, -0.25) is 0 Å². The van der Waals surface area contributed by atoms with Gasteiger partial charge in [0.2, 0.25) is 10.5 Å². The van der Waals surface area contributed by atoms with Gasteiger partial charge in [-0.25, -0.2) is 0 Å². The van der Waals surface area contributed by atoms with E-state index in [1.807, 2.05) is 0 Å². The summed E-state index contributed by atoms with van der Waals surface area (Å²) in [5.41, 5.74) is 2.52. The van der Waals surface area contributed by atoms with Crippen LogP contribution in [0.1, 0.15) is 85.0 Å². The molecule has 4 aliphatic carbocycles. The summed E-state index contributed by atoms with van der Waals surface area (Å²) in [6.45, 7) is 8.52. The summed E-state index contributed by atoms with van der Waals surface area (Å²) < 4.78 is 5.11. The Bertz CT molecular complexity index is 575. The van der Waals surface area contributed by atoms with Crippen LogP contribution in [0.4, 0.5) is 0 Å². The highest BCUT2D eigenvalue weighted by Crippen LogP contribution is 2.67. The van der Waals surface area contributed by atoms with E-state index in [2.05, 4.69) is 37.3 Å². The molecular weight excluding hydrogens is 348 g/mol. The smallest absolute Gasteiger partial charge is 0.246 e. The van der Waals surface area contributed by atoms with Crippen LogP contribution in [0.5, 0.6) is 0 Å². The number of fused-ring (bicyclic) bond motifs is 5. The molecule has 8 atom stereocenters. The van der Waals surface area contributed by atoms with Crippen molar-refractivity contribution in [3.8, 4) is 0 Å². The van der Waals surface area contributed by atoms with Crippen molar-refractivity contribution >= 4 is 10.5 Å². The minimum absolute atomic E-state index is 0.0881. The minimum Gasteiger partial charge on any atom is -0.419 e. The van der Waals surface area contributed by atoms with E-state index >= 15 is 0 Å². The molecule has 27 heavy (non-hydrogen) atoms. The van der Waals surface area contributed by atoms with Crippen molar-refractivity contribution in [2.75, 3.05) is 6.61 Å². The third-order valence-corrected chi connectivity index (χ3v) is 9.95. The van der Waals surface area contributed by atoms with E-state index in [-0.39, 0.29) is 6.10 Å². The van der Waals surface area contributed by atoms with Crippen molar-refractivity contribution in [3.05, 3.63) is 11.6 Å². The van der Waals surface area contributed by atoms with Gasteiger partial charge in [-0.2, -0.15) is 0 Å². The maximum absolute atomic E-state index is 10.2. The lowest BCUT2D eigenvalue weighted by molar-refractivity contribution is -0.0573. The Morgan fingerprint density at radius 2 is 2.00 bits per heavy atom. The maximum Gasteiger partial charge on any atom is 0.246 e. The molecule has 0 aromatic carbocycles. The zero-order valence-electron chi connectivity index (χ0n) is 17.7. The van der Waals surface area contributed by atoms with Gasteiger partial charge in [-0.15, -0.1) is 0 Å². The highest BCUT2D eigenvalue weighted by Gasteiger charge is 2.59. The summed E-state index contributed by atoms with van der Waals surface area (Å²) in [6, 6.07) is 0. The van der Waals surface area contributed by atoms with Gasteiger partial charge in [0.25, 0.3) is 0 Å². The molecule has 4 rings (SSSR count). The highest BCUT2D eigenvalue weighted by molar-refractivity contribution is 5.97. The van der Waals surface area contributed by atoms with Crippen LogP contribution in [0.15, 0.2) is 11.6 Å². The molecule has 0 spiro atoms. The van der Waals surface area contributed by atoms with Crippen molar-refractivity contribution < 1.29 is 9.53 Å². The third kappa shape index (κ3) is 3.30. The van der Waals surface area contributed by atoms with E-state index in [1.54, 1.807) is 5.57 Å². The Kier molecular flexibility index (Phi) is 5.68. The van der Waals surface area contributed by atoms with E-state index in [9.17, 15) is 5.11 Å². The summed E-state index contributed by atoms with van der Waals surface area (Å²) in [6.07, 6.45) is 15.1. The Balaban J connectivity index is 1.52. The summed E-state index contributed by atoms with van der Waals surface area (Å²) >= 11 is 0. The molecule has 0 aromatic rings. The van der Waals surface area contributed by atoms with E-state index in [0.717, 1.165) is 49.0 Å². The van der Waals surface area contributed by atoms with Crippen LogP contribution >= 0.6 is 0 Å². The Labute approximate surface area is 170 Å². The quantitative estimate of drug-likeness (QED) is 0.386. The predicted molar refractivity (Wildman–Crippen MR) is 111 cm³/mol. The predicted octanol–water partition coefficient (Wildman–Crippen LogP) is 5.44. The van der Waals surface area contributed by atoms with Gasteiger partial charge in [-0.1, -0.05) is 32.4 Å². The molecule has 0 unspecified atom stereocenters. The average Bonchev–Trinajstić information content (AvgIpc) is 3.00. The van der Waals surface area contributed by atoms with Crippen LogP contribution in [-0.2, 0) is 4.43 Å². The Morgan fingerprint density at radius 3 is 2.78 bits per heavy atom. The van der Waals surface area contributed by atoms with Crippen LogP contribution in [0, 0.1) is 40.4 Å². The molecule has 3 radical (unpaired) electrons. The molecule has 3 heteroatoms. The zero-order chi connectivity index (χ0) is 19.2. The normalized spacial score (nSPS) is 47.6. The van der Waals surface area contributed by atoms with Crippen LogP contribution < -0.4 is 0 Å². The van der Waals surface area contributed by atoms with E-state index in [1.165, 1.54) is 51.4 Å². The monoisotopic (exact) mass is 387 g/mol. The van der Waals surface area contributed by atoms with Gasteiger partial charge in [0.15, 0.2) is 0 Å². The standard InChI is InChI=1S/C24H39O2Si/c1-16(5-4-14-26-27)20-8-9-21-19-7-6-17-15-18(25)10-12-23(17,2)22(19)11-13-24(20,21)3/h6,16,18-22,25H,4-5,7-15H2,1-3H3/t16-,18+,19+,20-,21+,22+,23+,24-/m1/s1. The first-order valence-corrected chi connectivity index (χ1v) is 12.0. The first-order chi connectivity index (χ1) is 12.9. The summed E-state index contributed by atoms with van der Waals surface area (Å²) in [4.78, 5) is 0. The Morgan fingerprint density at radius 1 is 1.19 bits per heavy atom. The molecule has 0 aromatic heterocycles. The second kappa shape index (κ2) is 7.61. The number of allylic oxidation sites excluding steroid dienone is 1. The SMILES string of the molecule is C[C@H](CCCO[Si])[C@H]1CC[C@H]2[C@@H]3CC=C4C[C@@H](O)CC[C@]4(C)[C@H]3CC[C@]12C. The van der Waals surface area contributed by atoms with Gasteiger partial charge in [0.05, 0.1) is 6.10 Å². The van der Waals surface area contributed by atoms with Crippen LogP contribution in [0.2, 0.25) is 0 Å². The first-order valence-electron chi connectivity index (χ1n) is 11.6. The van der Waals surface area contributed by atoms with E-state index in [0.29, 0.717) is 10.8 Å². The lowest BCUT2D eigenvalue weighted by Gasteiger charge is -2.58. The number of hydrogen-bond donors (Lipinski definition) is 1. The molecule has 4 aliphatic rings. The first kappa shape index (κ1) is 20.2. The van der Waals surface area contributed by atoms with Crippen LogP contribution in [-0.4, -0.2) is 28.3 Å². The van der Waals surface area contributed by atoms with Crippen molar-refractivity contribution in [2.24, 2.45) is 40.4 Å². The summed E-state index contributed by atoms with van der Waals surface area (Å²) in [5, 5.41) is 10.2. The number of aliphatic hydroxyl groups is 1. The van der Waals surface area contributed by atoms with Gasteiger partial charge in [-0.05, 0) is 105 Å². The molecule has 3 saturated carbocycles. The molecule has 0 aliphatic heterocycles. The molecule has 151 valence electrons. The second-order valence-electron chi connectivity index (χ2n) is 10.9. The topological polar surface area (TPSA) is 29.5 Å². The molecule has 0 amide bonds. The zero-order valence-corrected chi connectivity index (χ0v) is 18.7. The maximum atomic E-state index is 10.2. The lowest BCUT2D eigenvalue weighted by Crippen LogP contribution is -2.50. The molecule has 3 fully saturated rings. The fourth-order valence-electron chi connectivity index (χ4n) is 8.30. The Hall–Kier alpha value is -0.123. The summed E-state index contributed by atoms with van der Waals surface area (Å²) in [7, 11) is 3.15. The molecular formula is C24H39O2Si. The molecule has 1 N–H and O–H groups in total. The number of rotatable bonds is 5. The number of aliphatic hydroxyl groups excluding tert-OH is 1. The highest BCUT2D eigenvalue weighted by atomic mass is 28.2. The molecule has 0 heterocycles. The average molecular weight is 388 g/mol. The third-order valence-electron chi connectivity index (χ3n) is 9.74. The number of hydrogen-bond acceptors (Lipinski definition) is 2. The van der Waals surface area contributed by atoms with Gasteiger partial charge >= 0.3 is 0 Å².